The van der Waals surface area contributed by atoms with Crippen molar-refractivity contribution in [3.05, 3.63) is 42.5 Å². The second-order valence-electron chi connectivity index (χ2n) is 6.58. The summed E-state index contributed by atoms with van der Waals surface area (Å²) in [5.74, 6) is 2.00. The number of hydrogen-bond acceptors (Lipinski definition) is 4. The molecular formula is C19H27N3O3S. The molecule has 0 N–H and O–H groups in total. The Bertz CT molecular complexity index is 824. The molecule has 1 aromatic heterocycles. The Morgan fingerprint density at radius 1 is 1.19 bits per heavy atom. The zero-order valence-electron chi connectivity index (χ0n) is 15.5. The minimum absolute atomic E-state index is 0.267. The van der Waals surface area contributed by atoms with E-state index in [0.717, 1.165) is 31.6 Å². The molecule has 7 heteroatoms. The van der Waals surface area contributed by atoms with Gasteiger partial charge in [-0.05, 0) is 37.8 Å². The zero-order valence-corrected chi connectivity index (χ0v) is 16.3. The van der Waals surface area contributed by atoms with Crippen LogP contribution in [0.4, 0.5) is 0 Å². The van der Waals surface area contributed by atoms with E-state index in [1.807, 2.05) is 19.3 Å². The van der Waals surface area contributed by atoms with Gasteiger partial charge in [0.2, 0.25) is 10.0 Å². The zero-order chi connectivity index (χ0) is 18.6. The number of benzene rings is 1. The van der Waals surface area contributed by atoms with Crippen LogP contribution < -0.4 is 4.74 Å². The first kappa shape index (κ1) is 18.9. The van der Waals surface area contributed by atoms with Crippen LogP contribution >= 0.6 is 0 Å². The maximum Gasteiger partial charge on any atom is 0.246 e. The molecule has 0 spiro atoms. The molecule has 0 amide bonds. The van der Waals surface area contributed by atoms with E-state index in [4.69, 9.17) is 4.74 Å². The van der Waals surface area contributed by atoms with Crippen LogP contribution in [0, 0.1) is 5.92 Å². The van der Waals surface area contributed by atoms with Crippen molar-refractivity contribution in [1.82, 2.24) is 13.9 Å². The smallest absolute Gasteiger partial charge is 0.246 e. The summed E-state index contributed by atoms with van der Waals surface area (Å²) in [7, 11) is -3.52. The summed E-state index contributed by atoms with van der Waals surface area (Å²) >= 11 is 0. The molecule has 1 aliphatic rings. The Morgan fingerprint density at radius 2 is 1.92 bits per heavy atom. The monoisotopic (exact) mass is 377 g/mol. The summed E-state index contributed by atoms with van der Waals surface area (Å²) < 4.78 is 35.4. The third-order valence-corrected chi connectivity index (χ3v) is 6.85. The van der Waals surface area contributed by atoms with E-state index < -0.39 is 10.0 Å². The van der Waals surface area contributed by atoms with Crippen LogP contribution in [0.25, 0.3) is 0 Å². The Morgan fingerprint density at radius 3 is 2.62 bits per heavy atom. The van der Waals surface area contributed by atoms with Gasteiger partial charge in [0.1, 0.15) is 16.5 Å². The highest BCUT2D eigenvalue weighted by molar-refractivity contribution is 7.89. The lowest BCUT2D eigenvalue weighted by Crippen LogP contribution is -2.39. The standard InChI is InChI=1S/C19H27N3O3S/c1-3-19-20-11-14-21(19)15-16-9-12-22(13-10-16)26(23,24)18-8-6-5-7-17(18)25-4-2/h5-8,11,14,16H,3-4,9-10,12-13,15H2,1-2H3. The molecule has 1 aromatic carbocycles. The van der Waals surface area contributed by atoms with Gasteiger partial charge < -0.3 is 9.30 Å². The van der Waals surface area contributed by atoms with E-state index >= 15 is 0 Å². The first-order valence-corrected chi connectivity index (χ1v) is 10.7. The molecule has 1 aliphatic heterocycles. The molecular weight excluding hydrogens is 350 g/mol. The van der Waals surface area contributed by atoms with E-state index in [-0.39, 0.29) is 4.90 Å². The van der Waals surface area contributed by atoms with Crippen molar-refractivity contribution in [3.63, 3.8) is 0 Å². The largest absolute Gasteiger partial charge is 0.492 e. The second-order valence-corrected chi connectivity index (χ2v) is 8.48. The number of nitrogens with zero attached hydrogens (tertiary/aromatic N) is 3. The molecule has 26 heavy (non-hydrogen) atoms. The first-order chi connectivity index (χ1) is 12.6. The van der Waals surface area contributed by atoms with Gasteiger partial charge >= 0.3 is 0 Å². The molecule has 0 unspecified atom stereocenters. The topological polar surface area (TPSA) is 64.4 Å². The summed E-state index contributed by atoms with van der Waals surface area (Å²) in [6, 6.07) is 6.89. The molecule has 142 valence electrons. The van der Waals surface area contributed by atoms with Gasteiger partial charge in [-0.15, -0.1) is 0 Å². The highest BCUT2D eigenvalue weighted by atomic mass is 32.2. The summed E-state index contributed by atoms with van der Waals surface area (Å²) in [5, 5.41) is 0. The number of sulfonamides is 1. The predicted octanol–water partition coefficient (Wildman–Crippen LogP) is 2.95. The second kappa shape index (κ2) is 8.22. The first-order valence-electron chi connectivity index (χ1n) is 9.28. The van der Waals surface area contributed by atoms with Crippen molar-refractivity contribution in [2.45, 2.75) is 44.6 Å². The van der Waals surface area contributed by atoms with E-state index in [1.54, 1.807) is 28.6 Å². The summed E-state index contributed by atoms with van der Waals surface area (Å²) in [6.45, 7) is 6.40. The van der Waals surface area contributed by atoms with Crippen molar-refractivity contribution in [2.75, 3.05) is 19.7 Å². The molecule has 0 atom stereocenters. The number of rotatable bonds is 7. The number of aryl methyl sites for hydroxylation is 1. The summed E-state index contributed by atoms with van der Waals surface area (Å²) in [6.07, 6.45) is 6.48. The van der Waals surface area contributed by atoms with E-state index in [1.165, 1.54) is 0 Å². The van der Waals surface area contributed by atoms with Crippen LogP contribution in [0.3, 0.4) is 0 Å². The van der Waals surface area contributed by atoms with Gasteiger partial charge in [0.05, 0.1) is 6.61 Å². The third kappa shape index (κ3) is 3.94. The Balaban J connectivity index is 1.67. The van der Waals surface area contributed by atoms with Gasteiger partial charge in [0, 0.05) is 38.4 Å². The van der Waals surface area contributed by atoms with Crippen molar-refractivity contribution >= 4 is 10.0 Å². The van der Waals surface area contributed by atoms with Crippen LogP contribution in [-0.2, 0) is 23.0 Å². The maximum atomic E-state index is 13.0. The van der Waals surface area contributed by atoms with Crippen LogP contribution in [0.1, 0.15) is 32.5 Å². The fourth-order valence-electron chi connectivity index (χ4n) is 3.51. The molecule has 2 heterocycles. The minimum Gasteiger partial charge on any atom is -0.492 e. The molecule has 0 bridgehead atoms. The number of piperidine rings is 1. The number of ether oxygens (including phenoxy) is 1. The third-order valence-electron chi connectivity index (χ3n) is 4.91. The fourth-order valence-corrected chi connectivity index (χ4v) is 5.11. The van der Waals surface area contributed by atoms with E-state index in [2.05, 4.69) is 16.5 Å². The highest BCUT2D eigenvalue weighted by Gasteiger charge is 2.31. The highest BCUT2D eigenvalue weighted by Crippen LogP contribution is 2.30. The van der Waals surface area contributed by atoms with Crippen molar-refractivity contribution in [3.8, 4) is 5.75 Å². The van der Waals surface area contributed by atoms with Crippen molar-refractivity contribution in [2.24, 2.45) is 5.92 Å². The molecule has 6 nitrogen and oxygen atoms in total. The van der Waals surface area contributed by atoms with Gasteiger partial charge in [0.25, 0.3) is 0 Å². The SMILES string of the molecule is CCOc1ccccc1S(=O)(=O)N1CCC(Cn2ccnc2CC)CC1. The number of imidazole rings is 1. The van der Waals surface area contributed by atoms with Crippen molar-refractivity contribution in [1.29, 1.82) is 0 Å². The van der Waals surface area contributed by atoms with Crippen molar-refractivity contribution < 1.29 is 13.2 Å². The molecule has 2 aromatic rings. The van der Waals surface area contributed by atoms with Gasteiger partial charge in [-0.3, -0.25) is 0 Å². The molecule has 0 saturated carbocycles. The normalized spacial score (nSPS) is 16.7. The lowest BCUT2D eigenvalue weighted by atomic mass is 9.98. The Labute approximate surface area is 155 Å². The molecule has 0 aliphatic carbocycles. The van der Waals surface area contributed by atoms with Crippen LogP contribution in [0.5, 0.6) is 5.75 Å². The quantitative estimate of drug-likeness (QED) is 0.744. The Kier molecular flexibility index (Phi) is 5.98. The van der Waals surface area contributed by atoms with Crippen LogP contribution in [0.2, 0.25) is 0 Å². The molecule has 0 radical (unpaired) electrons. The van der Waals surface area contributed by atoms with E-state index in [9.17, 15) is 8.42 Å². The predicted molar refractivity (Wildman–Crippen MR) is 101 cm³/mol. The molecule has 3 rings (SSSR count). The fraction of sp³-hybridized carbons (Fsp3) is 0.526. The number of aromatic nitrogens is 2. The van der Waals surface area contributed by atoms with Gasteiger partial charge in [-0.2, -0.15) is 4.31 Å². The van der Waals surface area contributed by atoms with Crippen LogP contribution in [-0.4, -0.2) is 42.0 Å². The van der Waals surface area contributed by atoms with Gasteiger partial charge in [0.15, 0.2) is 0 Å². The number of hydrogen-bond donors (Lipinski definition) is 0. The summed E-state index contributed by atoms with van der Waals surface area (Å²) in [5.41, 5.74) is 0. The van der Waals surface area contributed by atoms with Gasteiger partial charge in [-0.1, -0.05) is 19.1 Å². The Hall–Kier alpha value is -1.86. The lowest BCUT2D eigenvalue weighted by molar-refractivity contribution is 0.250. The van der Waals surface area contributed by atoms with E-state index in [0.29, 0.717) is 31.4 Å². The molecule has 1 saturated heterocycles. The average Bonchev–Trinajstić information content (AvgIpc) is 3.10. The lowest BCUT2D eigenvalue weighted by Gasteiger charge is -2.32. The number of para-hydroxylation sites is 1. The minimum atomic E-state index is -3.52. The van der Waals surface area contributed by atoms with Gasteiger partial charge in [-0.25, -0.2) is 13.4 Å². The average molecular weight is 378 g/mol. The maximum absolute atomic E-state index is 13.0. The van der Waals surface area contributed by atoms with Crippen LogP contribution in [0.15, 0.2) is 41.6 Å². The molecule has 1 fully saturated rings. The summed E-state index contributed by atoms with van der Waals surface area (Å²) in [4.78, 5) is 4.63.